The Balaban J connectivity index is 2.25. The van der Waals surface area contributed by atoms with Crippen LogP contribution in [0, 0.1) is 0 Å². The lowest BCUT2D eigenvalue weighted by Crippen LogP contribution is -2.41. The molecule has 90 valence electrons. The van der Waals surface area contributed by atoms with E-state index in [-0.39, 0.29) is 5.91 Å². The van der Waals surface area contributed by atoms with Crippen molar-refractivity contribution in [1.82, 2.24) is 20.6 Å². The van der Waals surface area contributed by atoms with Crippen LogP contribution in [0.4, 0.5) is 0 Å². The van der Waals surface area contributed by atoms with Crippen LogP contribution in [0.25, 0.3) is 0 Å². The zero-order valence-electron chi connectivity index (χ0n) is 9.90. The lowest BCUT2D eigenvalue weighted by Gasteiger charge is -2.19. The molecule has 6 heteroatoms. The van der Waals surface area contributed by atoms with Crippen molar-refractivity contribution in [1.29, 1.82) is 0 Å². The highest BCUT2D eigenvalue weighted by molar-refractivity contribution is 6.08. The third-order valence-corrected chi connectivity index (χ3v) is 2.62. The van der Waals surface area contributed by atoms with E-state index in [0.29, 0.717) is 18.2 Å². The van der Waals surface area contributed by atoms with Crippen molar-refractivity contribution in [3.8, 4) is 0 Å². The molecule has 6 nitrogen and oxygen atoms in total. The zero-order chi connectivity index (χ0) is 12.3. The van der Waals surface area contributed by atoms with Crippen LogP contribution in [-0.4, -0.2) is 28.4 Å². The Hall–Kier alpha value is -1.98. The molecule has 1 aromatic heterocycles. The van der Waals surface area contributed by atoms with Crippen LogP contribution in [0.1, 0.15) is 26.0 Å². The average molecular weight is 233 g/mol. The fraction of sp³-hybridized carbons (Fsp3) is 0.455. The number of carbonyl (C=O) groups excluding carboxylic acids is 1. The second kappa shape index (κ2) is 4.48. The summed E-state index contributed by atoms with van der Waals surface area (Å²) in [5.41, 5.74) is -0.305. The Morgan fingerprint density at radius 2 is 2.29 bits per heavy atom. The lowest BCUT2D eigenvalue weighted by atomic mass is 9.99. The molecule has 1 fully saturated rings. The van der Waals surface area contributed by atoms with Gasteiger partial charge >= 0.3 is 0 Å². The van der Waals surface area contributed by atoms with E-state index in [1.807, 2.05) is 6.92 Å². The molecule has 1 atom stereocenters. The zero-order valence-corrected chi connectivity index (χ0v) is 9.90. The van der Waals surface area contributed by atoms with E-state index in [4.69, 9.17) is 0 Å². The average Bonchev–Trinajstić information content (AvgIpc) is 2.65. The van der Waals surface area contributed by atoms with Crippen LogP contribution < -0.4 is 10.6 Å². The van der Waals surface area contributed by atoms with Crippen molar-refractivity contribution in [3.05, 3.63) is 24.3 Å². The van der Waals surface area contributed by atoms with Gasteiger partial charge in [-0.2, -0.15) is 0 Å². The summed E-state index contributed by atoms with van der Waals surface area (Å²) >= 11 is 0. The van der Waals surface area contributed by atoms with Gasteiger partial charge in [0.1, 0.15) is 0 Å². The van der Waals surface area contributed by atoms with Crippen molar-refractivity contribution < 1.29 is 4.79 Å². The first-order valence-corrected chi connectivity index (χ1v) is 5.57. The number of amides is 1. The van der Waals surface area contributed by atoms with Gasteiger partial charge in [0.05, 0.1) is 11.9 Å². The summed E-state index contributed by atoms with van der Waals surface area (Å²) < 4.78 is 0. The summed E-state index contributed by atoms with van der Waals surface area (Å²) in [6.45, 7) is 4.47. The van der Waals surface area contributed by atoms with Gasteiger partial charge in [-0.05, 0) is 13.3 Å². The maximum absolute atomic E-state index is 11.9. The molecule has 2 heterocycles. The molecule has 1 unspecified atom stereocenters. The molecule has 0 radical (unpaired) electrons. The van der Waals surface area contributed by atoms with Gasteiger partial charge in [0.15, 0.2) is 11.5 Å². The Morgan fingerprint density at radius 3 is 2.94 bits per heavy atom. The van der Waals surface area contributed by atoms with Crippen LogP contribution in [-0.2, 0) is 10.3 Å². The predicted molar refractivity (Wildman–Crippen MR) is 63.3 cm³/mol. The molecule has 2 N–H and O–H groups in total. The number of rotatable bonds is 3. The van der Waals surface area contributed by atoms with Crippen LogP contribution in [0.5, 0.6) is 0 Å². The first-order chi connectivity index (χ1) is 8.16. The molecule has 1 saturated heterocycles. The summed E-state index contributed by atoms with van der Waals surface area (Å²) in [7, 11) is 0. The third kappa shape index (κ3) is 2.11. The van der Waals surface area contributed by atoms with Crippen LogP contribution in [0.15, 0.2) is 23.6 Å². The molecule has 1 aliphatic heterocycles. The number of hydrogen-bond acceptors (Lipinski definition) is 4. The Labute approximate surface area is 99.6 Å². The van der Waals surface area contributed by atoms with Gasteiger partial charge in [0.2, 0.25) is 0 Å². The maximum Gasteiger partial charge on any atom is 0.258 e. The van der Waals surface area contributed by atoms with Crippen molar-refractivity contribution in [2.24, 2.45) is 4.99 Å². The molecule has 1 amide bonds. The standard InChI is InChI=1S/C11H15N5O/c1-3-4-14-10-15-9(17)11(2,16-10)8-7-12-5-6-13-8/h5-7H,3-4H2,1-2H3,(H2,14,15,16,17). The number of guanidine groups is 1. The van der Waals surface area contributed by atoms with E-state index in [1.165, 1.54) is 0 Å². The molecular weight excluding hydrogens is 218 g/mol. The number of aromatic nitrogens is 2. The second-order valence-electron chi connectivity index (χ2n) is 4.03. The van der Waals surface area contributed by atoms with Crippen LogP contribution >= 0.6 is 0 Å². The topological polar surface area (TPSA) is 79.3 Å². The second-order valence-corrected chi connectivity index (χ2v) is 4.03. The summed E-state index contributed by atoms with van der Waals surface area (Å²) in [6.07, 6.45) is 5.65. The van der Waals surface area contributed by atoms with Crippen molar-refractivity contribution in [2.75, 3.05) is 6.54 Å². The monoisotopic (exact) mass is 233 g/mol. The molecule has 17 heavy (non-hydrogen) atoms. The summed E-state index contributed by atoms with van der Waals surface area (Å²) in [5, 5.41) is 5.76. The number of hydrogen-bond donors (Lipinski definition) is 2. The Bertz CT molecular complexity index is 444. The van der Waals surface area contributed by atoms with Crippen molar-refractivity contribution in [3.63, 3.8) is 0 Å². The number of carbonyl (C=O) groups is 1. The van der Waals surface area contributed by atoms with Gasteiger partial charge in [0.25, 0.3) is 5.91 Å². The molecular formula is C11H15N5O. The smallest absolute Gasteiger partial charge is 0.258 e. The molecule has 2 rings (SSSR count). The molecule has 1 aliphatic rings. The predicted octanol–water partition coefficient (Wildman–Crippen LogP) is 0.177. The van der Waals surface area contributed by atoms with Crippen molar-refractivity contribution >= 4 is 11.9 Å². The van der Waals surface area contributed by atoms with E-state index < -0.39 is 5.54 Å². The molecule has 0 aromatic carbocycles. The van der Waals surface area contributed by atoms with Gasteiger partial charge in [-0.1, -0.05) is 6.92 Å². The molecule has 0 aliphatic carbocycles. The highest BCUT2D eigenvalue weighted by Crippen LogP contribution is 2.21. The van der Waals surface area contributed by atoms with Crippen LogP contribution in [0.3, 0.4) is 0 Å². The highest BCUT2D eigenvalue weighted by Gasteiger charge is 2.43. The summed E-state index contributed by atoms with van der Waals surface area (Å²) in [4.78, 5) is 24.3. The maximum atomic E-state index is 11.9. The van der Waals surface area contributed by atoms with Gasteiger partial charge in [-0.15, -0.1) is 0 Å². The summed E-state index contributed by atoms with van der Waals surface area (Å²) in [5.74, 6) is 0.345. The van der Waals surface area contributed by atoms with Gasteiger partial charge in [-0.3, -0.25) is 25.1 Å². The quantitative estimate of drug-likeness (QED) is 0.780. The number of nitrogens with one attached hydrogen (secondary N) is 2. The fourth-order valence-electron chi connectivity index (χ4n) is 1.60. The number of aliphatic imine (C=N–C) groups is 1. The first-order valence-electron chi connectivity index (χ1n) is 5.57. The Kier molecular flexibility index (Phi) is 3.03. The van der Waals surface area contributed by atoms with E-state index in [0.717, 1.165) is 6.42 Å². The van der Waals surface area contributed by atoms with Gasteiger partial charge in [-0.25, -0.2) is 0 Å². The minimum atomic E-state index is -0.888. The minimum absolute atomic E-state index is 0.159. The summed E-state index contributed by atoms with van der Waals surface area (Å²) in [6, 6.07) is 0. The van der Waals surface area contributed by atoms with E-state index in [1.54, 1.807) is 25.5 Å². The fourth-order valence-corrected chi connectivity index (χ4v) is 1.60. The van der Waals surface area contributed by atoms with E-state index in [9.17, 15) is 4.79 Å². The third-order valence-electron chi connectivity index (χ3n) is 2.62. The van der Waals surface area contributed by atoms with Gasteiger partial charge in [0, 0.05) is 18.9 Å². The molecule has 0 saturated carbocycles. The molecule has 1 aromatic rings. The lowest BCUT2D eigenvalue weighted by molar-refractivity contribution is -0.123. The Morgan fingerprint density at radius 1 is 1.47 bits per heavy atom. The normalized spacial score (nSPS) is 25.8. The van der Waals surface area contributed by atoms with E-state index >= 15 is 0 Å². The largest absolute Gasteiger partial charge is 0.337 e. The van der Waals surface area contributed by atoms with E-state index in [2.05, 4.69) is 25.6 Å². The SMILES string of the molecule is CCCN=C1NC(=O)C(C)(c2cnccn2)N1. The minimum Gasteiger partial charge on any atom is -0.337 e. The molecule has 0 spiro atoms. The first kappa shape index (κ1) is 11.5. The molecule has 0 bridgehead atoms. The van der Waals surface area contributed by atoms with Crippen molar-refractivity contribution in [2.45, 2.75) is 25.8 Å². The van der Waals surface area contributed by atoms with Crippen LogP contribution in [0.2, 0.25) is 0 Å². The highest BCUT2D eigenvalue weighted by atomic mass is 16.2. The number of nitrogens with zero attached hydrogens (tertiary/aromatic N) is 3. The van der Waals surface area contributed by atoms with Gasteiger partial charge < -0.3 is 5.32 Å².